The minimum Gasteiger partial charge on any atom is -0.480 e. The SMILES string of the molecule is CC1CCN(C(=O)NC(C)C2CCC2)C(C(=O)O)C1. The van der Waals surface area contributed by atoms with Gasteiger partial charge in [-0.2, -0.15) is 0 Å². The van der Waals surface area contributed by atoms with E-state index in [9.17, 15) is 14.7 Å². The van der Waals surface area contributed by atoms with E-state index in [0.717, 1.165) is 6.42 Å². The fourth-order valence-electron chi connectivity index (χ4n) is 2.95. The lowest BCUT2D eigenvalue weighted by atomic mass is 9.80. The van der Waals surface area contributed by atoms with E-state index < -0.39 is 12.0 Å². The number of rotatable bonds is 3. The highest BCUT2D eigenvalue weighted by atomic mass is 16.4. The Morgan fingerprint density at radius 3 is 2.53 bits per heavy atom. The van der Waals surface area contributed by atoms with E-state index >= 15 is 0 Å². The molecule has 5 heteroatoms. The fourth-order valence-corrected chi connectivity index (χ4v) is 2.95. The van der Waals surface area contributed by atoms with Crippen LogP contribution in [0.5, 0.6) is 0 Å². The van der Waals surface area contributed by atoms with Crippen LogP contribution < -0.4 is 5.32 Å². The van der Waals surface area contributed by atoms with Crippen molar-refractivity contribution in [2.75, 3.05) is 6.54 Å². The zero-order valence-electron chi connectivity index (χ0n) is 11.8. The summed E-state index contributed by atoms with van der Waals surface area (Å²) in [4.78, 5) is 25.0. The molecule has 1 aliphatic heterocycles. The van der Waals surface area contributed by atoms with Gasteiger partial charge in [0, 0.05) is 12.6 Å². The number of nitrogens with one attached hydrogen (secondary N) is 1. The van der Waals surface area contributed by atoms with Crippen LogP contribution in [0.15, 0.2) is 0 Å². The van der Waals surface area contributed by atoms with Crippen LogP contribution in [0, 0.1) is 11.8 Å². The molecule has 19 heavy (non-hydrogen) atoms. The van der Waals surface area contributed by atoms with Crippen molar-refractivity contribution in [3.63, 3.8) is 0 Å². The maximum atomic E-state index is 12.2. The number of urea groups is 1. The number of amides is 2. The number of nitrogens with zero attached hydrogens (tertiary/aromatic N) is 1. The van der Waals surface area contributed by atoms with E-state index in [2.05, 4.69) is 5.32 Å². The summed E-state index contributed by atoms with van der Waals surface area (Å²) in [6.45, 7) is 4.60. The van der Waals surface area contributed by atoms with E-state index in [1.807, 2.05) is 13.8 Å². The van der Waals surface area contributed by atoms with E-state index in [-0.39, 0.29) is 12.1 Å². The summed E-state index contributed by atoms with van der Waals surface area (Å²) in [6, 6.07) is -0.730. The molecule has 2 amide bonds. The minimum atomic E-state index is -0.891. The Morgan fingerprint density at radius 2 is 2.00 bits per heavy atom. The summed E-state index contributed by atoms with van der Waals surface area (Å²) in [5, 5.41) is 12.2. The van der Waals surface area contributed by atoms with Gasteiger partial charge in [0.15, 0.2) is 0 Å². The highest BCUT2D eigenvalue weighted by Gasteiger charge is 2.36. The normalized spacial score (nSPS) is 29.5. The zero-order chi connectivity index (χ0) is 14.0. The van der Waals surface area contributed by atoms with Gasteiger partial charge in [0.1, 0.15) is 6.04 Å². The van der Waals surface area contributed by atoms with Gasteiger partial charge in [0.2, 0.25) is 0 Å². The molecule has 108 valence electrons. The van der Waals surface area contributed by atoms with Crippen molar-refractivity contribution in [3.8, 4) is 0 Å². The fraction of sp³-hybridized carbons (Fsp3) is 0.857. The maximum Gasteiger partial charge on any atom is 0.326 e. The lowest BCUT2D eigenvalue weighted by Crippen LogP contribution is -2.55. The second-order valence-electron chi connectivity index (χ2n) is 6.11. The van der Waals surface area contributed by atoms with E-state index in [0.29, 0.717) is 24.8 Å². The summed E-state index contributed by atoms with van der Waals surface area (Å²) in [5.74, 6) is 0.0446. The summed E-state index contributed by atoms with van der Waals surface area (Å²) < 4.78 is 0. The Labute approximate surface area is 114 Å². The van der Waals surface area contributed by atoms with Crippen LogP contribution in [0.2, 0.25) is 0 Å². The van der Waals surface area contributed by atoms with Gasteiger partial charge in [-0.3, -0.25) is 0 Å². The molecule has 0 spiro atoms. The average molecular weight is 268 g/mol. The third-order valence-corrected chi connectivity index (χ3v) is 4.62. The summed E-state index contributed by atoms with van der Waals surface area (Å²) in [7, 11) is 0. The second-order valence-corrected chi connectivity index (χ2v) is 6.11. The number of likely N-dealkylation sites (tertiary alicyclic amines) is 1. The molecule has 1 saturated carbocycles. The zero-order valence-corrected chi connectivity index (χ0v) is 11.8. The third-order valence-electron chi connectivity index (χ3n) is 4.62. The van der Waals surface area contributed by atoms with Crippen molar-refractivity contribution in [1.82, 2.24) is 10.2 Å². The molecule has 2 rings (SSSR count). The predicted molar refractivity (Wildman–Crippen MR) is 71.9 cm³/mol. The molecule has 2 fully saturated rings. The first-order valence-electron chi connectivity index (χ1n) is 7.29. The minimum absolute atomic E-state index is 0.148. The Morgan fingerprint density at radius 1 is 1.32 bits per heavy atom. The van der Waals surface area contributed by atoms with Crippen LogP contribution in [0.1, 0.15) is 46.0 Å². The number of hydrogen-bond donors (Lipinski definition) is 2. The molecule has 0 bridgehead atoms. The van der Waals surface area contributed by atoms with Gasteiger partial charge >= 0.3 is 12.0 Å². The number of hydrogen-bond acceptors (Lipinski definition) is 2. The number of piperidine rings is 1. The van der Waals surface area contributed by atoms with Crippen LogP contribution in [0.4, 0.5) is 4.79 Å². The second kappa shape index (κ2) is 5.80. The number of carboxylic acids is 1. The highest BCUT2D eigenvalue weighted by molar-refractivity contribution is 5.83. The van der Waals surface area contributed by atoms with Gasteiger partial charge in [-0.15, -0.1) is 0 Å². The van der Waals surface area contributed by atoms with Crippen molar-refractivity contribution in [3.05, 3.63) is 0 Å². The van der Waals surface area contributed by atoms with Gasteiger partial charge in [-0.1, -0.05) is 13.3 Å². The number of carboxylic acid groups (broad SMARTS) is 1. The highest BCUT2D eigenvalue weighted by Crippen LogP contribution is 2.30. The van der Waals surface area contributed by atoms with Crippen LogP contribution >= 0.6 is 0 Å². The molecule has 0 aromatic heterocycles. The molecule has 0 aromatic carbocycles. The Hall–Kier alpha value is -1.26. The molecule has 2 aliphatic rings. The summed E-state index contributed by atoms with van der Waals surface area (Å²) in [6.07, 6.45) is 5.01. The van der Waals surface area contributed by atoms with Crippen LogP contribution in [0.25, 0.3) is 0 Å². The maximum absolute atomic E-state index is 12.2. The number of aliphatic carboxylic acids is 1. The molecular weight excluding hydrogens is 244 g/mol. The standard InChI is InChI=1S/C14H24N2O3/c1-9-6-7-16(12(8-9)13(17)18)14(19)15-10(2)11-4-3-5-11/h9-12H,3-8H2,1-2H3,(H,15,19)(H,17,18). The molecule has 1 heterocycles. The summed E-state index contributed by atoms with van der Waals surface area (Å²) in [5.41, 5.74) is 0. The van der Waals surface area contributed by atoms with E-state index in [1.54, 1.807) is 0 Å². The van der Waals surface area contributed by atoms with Crippen molar-refractivity contribution < 1.29 is 14.7 Å². The smallest absolute Gasteiger partial charge is 0.326 e. The molecule has 3 atom stereocenters. The Balaban J connectivity index is 1.93. The van der Waals surface area contributed by atoms with Gasteiger partial charge < -0.3 is 15.3 Å². The monoisotopic (exact) mass is 268 g/mol. The molecular formula is C14H24N2O3. The lowest BCUT2D eigenvalue weighted by molar-refractivity contribution is -0.143. The predicted octanol–water partition coefficient (Wildman–Crippen LogP) is 2.07. The average Bonchev–Trinajstić information content (AvgIpc) is 2.25. The first-order valence-corrected chi connectivity index (χ1v) is 7.29. The van der Waals surface area contributed by atoms with Crippen LogP contribution in [-0.2, 0) is 4.79 Å². The van der Waals surface area contributed by atoms with Crippen molar-refractivity contribution >= 4 is 12.0 Å². The number of carbonyl (C=O) groups excluding carboxylic acids is 1. The molecule has 0 aromatic rings. The Bertz CT molecular complexity index is 355. The molecule has 2 N–H and O–H groups in total. The largest absolute Gasteiger partial charge is 0.480 e. The first kappa shape index (κ1) is 14.2. The molecule has 5 nitrogen and oxygen atoms in total. The number of carbonyl (C=O) groups is 2. The molecule has 1 saturated heterocycles. The molecule has 0 radical (unpaired) electrons. The van der Waals surface area contributed by atoms with Crippen LogP contribution in [0.3, 0.4) is 0 Å². The van der Waals surface area contributed by atoms with Gasteiger partial charge in [0.25, 0.3) is 0 Å². The van der Waals surface area contributed by atoms with Crippen molar-refractivity contribution in [2.24, 2.45) is 11.8 Å². The first-order chi connectivity index (χ1) is 8.99. The molecule has 3 unspecified atom stereocenters. The lowest BCUT2D eigenvalue weighted by Gasteiger charge is -2.38. The van der Waals surface area contributed by atoms with E-state index in [1.165, 1.54) is 24.2 Å². The van der Waals surface area contributed by atoms with Gasteiger partial charge in [-0.05, 0) is 44.4 Å². The van der Waals surface area contributed by atoms with Crippen LogP contribution in [-0.4, -0.2) is 40.6 Å². The molecule has 1 aliphatic carbocycles. The van der Waals surface area contributed by atoms with Gasteiger partial charge in [0.05, 0.1) is 0 Å². The van der Waals surface area contributed by atoms with Crippen molar-refractivity contribution in [2.45, 2.75) is 58.0 Å². The quantitative estimate of drug-likeness (QED) is 0.823. The Kier molecular flexibility index (Phi) is 4.32. The van der Waals surface area contributed by atoms with Gasteiger partial charge in [-0.25, -0.2) is 9.59 Å². The van der Waals surface area contributed by atoms with E-state index in [4.69, 9.17) is 0 Å². The van der Waals surface area contributed by atoms with Crippen molar-refractivity contribution in [1.29, 1.82) is 0 Å². The topological polar surface area (TPSA) is 69.6 Å². The summed E-state index contributed by atoms with van der Waals surface area (Å²) >= 11 is 0. The third kappa shape index (κ3) is 3.19.